The highest BCUT2D eigenvalue weighted by Crippen LogP contribution is 2.16. The van der Waals surface area contributed by atoms with Gasteiger partial charge < -0.3 is 5.32 Å². The Morgan fingerprint density at radius 1 is 1.69 bits per heavy atom. The van der Waals surface area contributed by atoms with E-state index < -0.39 is 0 Å². The van der Waals surface area contributed by atoms with E-state index in [9.17, 15) is 0 Å². The lowest BCUT2D eigenvalue weighted by atomic mass is 10.2. The van der Waals surface area contributed by atoms with Crippen LogP contribution in [0.3, 0.4) is 0 Å². The van der Waals surface area contributed by atoms with Crippen molar-refractivity contribution in [1.29, 1.82) is 0 Å². The molecule has 1 aromatic rings. The van der Waals surface area contributed by atoms with Gasteiger partial charge in [0.1, 0.15) is 17.2 Å². The molecule has 0 amide bonds. The predicted molar refractivity (Wildman–Crippen MR) is 55.0 cm³/mol. The highest BCUT2D eigenvalue weighted by Gasteiger charge is 1.99. The molecule has 0 saturated heterocycles. The first-order valence-corrected chi connectivity index (χ1v) is 4.48. The maximum atomic E-state index is 5.83. The summed E-state index contributed by atoms with van der Waals surface area (Å²) in [5.41, 5.74) is 1.12. The molecule has 0 bridgehead atoms. The Kier molecular flexibility index (Phi) is 3.71. The average Bonchev–Trinajstić information content (AvgIpc) is 2.16. The second kappa shape index (κ2) is 4.82. The molecule has 0 aromatic carbocycles. The van der Waals surface area contributed by atoms with E-state index in [0.29, 0.717) is 17.4 Å². The van der Waals surface area contributed by atoms with E-state index in [1.54, 1.807) is 6.20 Å². The van der Waals surface area contributed by atoms with Crippen LogP contribution in [0, 0.1) is 0 Å². The summed E-state index contributed by atoms with van der Waals surface area (Å²) in [5.74, 6) is 0.659. The minimum atomic E-state index is 0.534. The average molecular weight is 198 g/mol. The number of nitrogens with zero attached hydrogens (tertiary/aromatic N) is 2. The molecule has 70 valence electrons. The van der Waals surface area contributed by atoms with Crippen molar-refractivity contribution in [3.05, 3.63) is 29.7 Å². The van der Waals surface area contributed by atoms with E-state index in [4.69, 9.17) is 11.6 Å². The number of hydrogen-bond donors (Lipinski definition) is 1. The van der Waals surface area contributed by atoms with Gasteiger partial charge in [-0.3, -0.25) is 0 Å². The molecule has 0 unspecified atom stereocenters. The van der Waals surface area contributed by atoms with Crippen LogP contribution < -0.4 is 5.32 Å². The summed E-state index contributed by atoms with van der Waals surface area (Å²) >= 11 is 5.83. The lowest BCUT2D eigenvalue weighted by molar-refractivity contribution is 1.03. The van der Waals surface area contributed by atoms with Gasteiger partial charge in [0.05, 0.1) is 6.20 Å². The lowest BCUT2D eigenvalue weighted by Gasteiger charge is -2.06. The van der Waals surface area contributed by atoms with E-state index in [0.717, 1.165) is 12.0 Å². The van der Waals surface area contributed by atoms with E-state index >= 15 is 0 Å². The Hall–Kier alpha value is -1.09. The van der Waals surface area contributed by atoms with Gasteiger partial charge in [-0.2, -0.15) is 0 Å². The van der Waals surface area contributed by atoms with E-state index in [1.165, 1.54) is 6.33 Å². The van der Waals surface area contributed by atoms with Crippen LogP contribution in [-0.2, 0) is 0 Å². The minimum Gasteiger partial charge on any atom is -0.365 e. The predicted octanol–water partition coefficient (Wildman–Crippen LogP) is 2.51. The van der Waals surface area contributed by atoms with Gasteiger partial charge in [-0.25, -0.2) is 9.97 Å². The molecule has 0 spiro atoms. The Labute approximate surface area is 82.9 Å². The summed E-state index contributed by atoms with van der Waals surface area (Å²) in [5, 5.41) is 3.61. The molecule has 0 aliphatic carbocycles. The maximum absolute atomic E-state index is 5.83. The van der Waals surface area contributed by atoms with Gasteiger partial charge in [-0.1, -0.05) is 30.7 Å². The smallest absolute Gasteiger partial charge is 0.148 e. The lowest BCUT2D eigenvalue weighted by Crippen LogP contribution is -2.05. The van der Waals surface area contributed by atoms with Crippen molar-refractivity contribution in [2.45, 2.75) is 13.3 Å². The fourth-order valence-corrected chi connectivity index (χ4v) is 0.948. The third-order valence-electron chi connectivity index (χ3n) is 1.67. The van der Waals surface area contributed by atoms with E-state index in [2.05, 4.69) is 28.8 Å². The first kappa shape index (κ1) is 9.99. The van der Waals surface area contributed by atoms with Crippen molar-refractivity contribution in [3.63, 3.8) is 0 Å². The number of rotatable bonds is 4. The van der Waals surface area contributed by atoms with Gasteiger partial charge >= 0.3 is 0 Å². The minimum absolute atomic E-state index is 0.534. The van der Waals surface area contributed by atoms with E-state index in [1.807, 2.05) is 0 Å². The van der Waals surface area contributed by atoms with Crippen molar-refractivity contribution in [3.8, 4) is 0 Å². The second-order valence-corrected chi connectivity index (χ2v) is 3.08. The molecule has 13 heavy (non-hydrogen) atoms. The summed E-state index contributed by atoms with van der Waals surface area (Å²) in [6, 6.07) is 0. The molecule has 4 heteroatoms. The van der Waals surface area contributed by atoms with E-state index in [-0.39, 0.29) is 0 Å². The Balaban J connectivity index is 2.54. The normalized spacial score (nSPS) is 9.69. The third kappa shape index (κ3) is 3.03. The Morgan fingerprint density at radius 3 is 3.08 bits per heavy atom. The molecular formula is C9H12ClN3. The summed E-state index contributed by atoms with van der Waals surface area (Å²) < 4.78 is 0. The summed E-state index contributed by atoms with van der Waals surface area (Å²) in [7, 11) is 0. The highest BCUT2D eigenvalue weighted by atomic mass is 35.5. The van der Waals surface area contributed by atoms with Crippen LogP contribution >= 0.6 is 11.6 Å². The van der Waals surface area contributed by atoms with Crippen LogP contribution in [-0.4, -0.2) is 16.5 Å². The highest BCUT2D eigenvalue weighted by molar-refractivity contribution is 6.32. The summed E-state index contributed by atoms with van der Waals surface area (Å²) in [6.45, 7) is 6.63. The van der Waals surface area contributed by atoms with Gasteiger partial charge in [0.2, 0.25) is 0 Å². The number of hydrogen-bond acceptors (Lipinski definition) is 3. The first-order chi connectivity index (χ1) is 6.24. The molecule has 0 aliphatic rings. The van der Waals surface area contributed by atoms with Crippen LogP contribution in [0.4, 0.5) is 5.82 Å². The van der Waals surface area contributed by atoms with Crippen LogP contribution in [0.5, 0.6) is 0 Å². The quantitative estimate of drug-likeness (QED) is 0.754. The maximum Gasteiger partial charge on any atom is 0.148 e. The Bertz CT molecular complexity index is 299. The van der Waals surface area contributed by atoms with Crippen molar-refractivity contribution >= 4 is 17.4 Å². The third-order valence-corrected chi connectivity index (χ3v) is 1.95. The fourth-order valence-electron chi connectivity index (χ4n) is 0.776. The molecule has 0 aliphatic heterocycles. The van der Waals surface area contributed by atoms with Gasteiger partial charge in [-0.15, -0.1) is 0 Å². The molecule has 0 fully saturated rings. The molecule has 1 rings (SSSR count). The SMILES string of the molecule is C=C(CC)CNc1ncncc1Cl. The zero-order chi connectivity index (χ0) is 9.68. The van der Waals surface area contributed by atoms with Crippen molar-refractivity contribution < 1.29 is 0 Å². The molecule has 1 aromatic heterocycles. The summed E-state index contributed by atoms with van der Waals surface area (Å²) in [4.78, 5) is 7.78. The number of nitrogens with one attached hydrogen (secondary N) is 1. The first-order valence-electron chi connectivity index (χ1n) is 4.10. The zero-order valence-electron chi connectivity index (χ0n) is 7.55. The number of halogens is 1. The van der Waals surface area contributed by atoms with Crippen LogP contribution in [0.1, 0.15) is 13.3 Å². The van der Waals surface area contributed by atoms with Crippen LogP contribution in [0.15, 0.2) is 24.7 Å². The fraction of sp³-hybridized carbons (Fsp3) is 0.333. The molecule has 3 nitrogen and oxygen atoms in total. The molecule has 0 atom stereocenters. The zero-order valence-corrected chi connectivity index (χ0v) is 8.30. The number of anilines is 1. The van der Waals surface area contributed by atoms with Gasteiger partial charge in [-0.05, 0) is 6.42 Å². The topological polar surface area (TPSA) is 37.8 Å². The molecule has 1 N–H and O–H groups in total. The molecule has 1 heterocycles. The van der Waals surface area contributed by atoms with Crippen molar-refractivity contribution in [1.82, 2.24) is 9.97 Å². The molecular weight excluding hydrogens is 186 g/mol. The molecule has 0 radical (unpaired) electrons. The summed E-state index contributed by atoms with van der Waals surface area (Å²) in [6.07, 6.45) is 3.98. The monoisotopic (exact) mass is 197 g/mol. The van der Waals surface area contributed by atoms with Crippen LogP contribution in [0.25, 0.3) is 0 Å². The second-order valence-electron chi connectivity index (χ2n) is 2.68. The molecule has 0 saturated carbocycles. The van der Waals surface area contributed by atoms with Crippen molar-refractivity contribution in [2.75, 3.05) is 11.9 Å². The van der Waals surface area contributed by atoms with Crippen LogP contribution in [0.2, 0.25) is 5.02 Å². The largest absolute Gasteiger partial charge is 0.365 e. The number of aromatic nitrogens is 2. The Morgan fingerprint density at radius 2 is 2.46 bits per heavy atom. The van der Waals surface area contributed by atoms with Crippen molar-refractivity contribution in [2.24, 2.45) is 0 Å². The standard InChI is InChI=1S/C9H12ClN3/c1-3-7(2)4-12-9-8(10)5-11-6-13-9/h5-6H,2-4H2,1H3,(H,11,12,13). The van der Waals surface area contributed by atoms with Gasteiger partial charge in [0, 0.05) is 6.54 Å². The van der Waals surface area contributed by atoms with Gasteiger partial charge in [0.15, 0.2) is 0 Å². The van der Waals surface area contributed by atoms with Gasteiger partial charge in [0.25, 0.3) is 0 Å².